The van der Waals surface area contributed by atoms with Gasteiger partial charge in [0.1, 0.15) is 0 Å². The molecule has 1 aromatic heterocycles. The second-order valence-corrected chi connectivity index (χ2v) is 5.30. The molecule has 1 aliphatic carbocycles. The maximum atomic E-state index is 5.88. The maximum absolute atomic E-state index is 5.88. The van der Waals surface area contributed by atoms with Crippen LogP contribution in [0.2, 0.25) is 0 Å². The summed E-state index contributed by atoms with van der Waals surface area (Å²) in [7, 11) is 3.27. The summed E-state index contributed by atoms with van der Waals surface area (Å²) in [6.07, 6.45) is 8.60. The smallest absolute Gasteiger partial charge is 0.183 e. The number of ether oxygens (including phenoxy) is 3. The molecule has 1 saturated carbocycles. The van der Waals surface area contributed by atoms with Gasteiger partial charge in [0.2, 0.25) is 0 Å². The Hall–Kier alpha value is -1.33. The highest BCUT2D eigenvalue weighted by molar-refractivity contribution is 5.42. The van der Waals surface area contributed by atoms with E-state index in [1.807, 2.05) is 0 Å². The van der Waals surface area contributed by atoms with E-state index < -0.39 is 0 Å². The Morgan fingerprint density at radius 1 is 1.19 bits per heavy atom. The Kier molecular flexibility index (Phi) is 6.76. The molecule has 0 atom stereocenters. The lowest BCUT2D eigenvalue weighted by Gasteiger charge is -2.22. The van der Waals surface area contributed by atoms with Gasteiger partial charge in [0.05, 0.1) is 32.6 Å². The molecule has 0 aromatic carbocycles. The topological polar surface area (TPSA) is 52.6 Å². The molecule has 0 saturated heterocycles. The van der Waals surface area contributed by atoms with Crippen LogP contribution in [0, 0.1) is 0 Å². The summed E-state index contributed by atoms with van der Waals surface area (Å²) in [6, 6.07) is 1.80. The lowest BCUT2D eigenvalue weighted by molar-refractivity contribution is 0.0302. The Bertz CT molecular complexity index is 420. The number of rotatable bonds is 8. The molecule has 1 heterocycles. The molecule has 0 aliphatic heterocycles. The Morgan fingerprint density at radius 2 is 2.00 bits per heavy atom. The molecule has 118 valence electrons. The van der Waals surface area contributed by atoms with Crippen LogP contribution in [0.1, 0.15) is 37.8 Å². The average Bonchev–Trinajstić information content (AvgIpc) is 2.55. The third-order valence-corrected chi connectivity index (χ3v) is 3.84. The highest BCUT2D eigenvalue weighted by atomic mass is 16.5. The van der Waals surface area contributed by atoms with Crippen LogP contribution < -0.4 is 14.8 Å². The molecular weight excluding hydrogens is 268 g/mol. The van der Waals surface area contributed by atoms with Gasteiger partial charge in [-0.3, -0.25) is 4.98 Å². The fraction of sp³-hybridized carbons (Fsp3) is 0.688. The maximum Gasteiger partial charge on any atom is 0.183 e. The van der Waals surface area contributed by atoms with Gasteiger partial charge in [-0.05, 0) is 12.8 Å². The average molecular weight is 294 g/mol. The van der Waals surface area contributed by atoms with Crippen LogP contribution in [0.3, 0.4) is 0 Å². The molecule has 1 N–H and O–H groups in total. The molecule has 0 bridgehead atoms. The normalized spacial score (nSPS) is 15.9. The van der Waals surface area contributed by atoms with Gasteiger partial charge in [-0.2, -0.15) is 0 Å². The number of nitrogens with one attached hydrogen (secondary N) is 1. The first-order chi connectivity index (χ1) is 10.3. The van der Waals surface area contributed by atoms with Crippen molar-refractivity contribution in [3.05, 3.63) is 18.0 Å². The van der Waals surface area contributed by atoms with Crippen molar-refractivity contribution in [1.29, 1.82) is 0 Å². The lowest BCUT2D eigenvalue weighted by atomic mass is 9.98. The monoisotopic (exact) mass is 294 g/mol. The highest BCUT2D eigenvalue weighted by Gasteiger charge is 2.13. The van der Waals surface area contributed by atoms with Crippen molar-refractivity contribution >= 4 is 0 Å². The van der Waals surface area contributed by atoms with Gasteiger partial charge in [-0.1, -0.05) is 19.3 Å². The first-order valence-corrected chi connectivity index (χ1v) is 7.73. The Balaban J connectivity index is 1.70. The van der Waals surface area contributed by atoms with Crippen molar-refractivity contribution in [2.24, 2.45) is 0 Å². The van der Waals surface area contributed by atoms with Crippen LogP contribution >= 0.6 is 0 Å². The predicted octanol–water partition coefficient (Wildman–Crippen LogP) is 2.54. The van der Waals surface area contributed by atoms with Gasteiger partial charge in [-0.25, -0.2) is 0 Å². The zero-order valence-electron chi connectivity index (χ0n) is 13.1. The van der Waals surface area contributed by atoms with Crippen LogP contribution in [0.25, 0.3) is 0 Å². The molecular formula is C16H26N2O3. The van der Waals surface area contributed by atoms with Crippen molar-refractivity contribution in [2.75, 3.05) is 27.4 Å². The van der Waals surface area contributed by atoms with E-state index in [0.717, 1.165) is 18.8 Å². The van der Waals surface area contributed by atoms with Crippen molar-refractivity contribution in [3.8, 4) is 11.5 Å². The second kappa shape index (κ2) is 8.85. The molecule has 0 radical (unpaired) electrons. The summed E-state index contributed by atoms with van der Waals surface area (Å²) in [5, 5.41) is 3.34. The molecule has 1 aromatic rings. The van der Waals surface area contributed by atoms with Crippen LogP contribution in [-0.2, 0) is 11.3 Å². The summed E-state index contributed by atoms with van der Waals surface area (Å²) in [6.45, 7) is 2.21. The van der Waals surface area contributed by atoms with Gasteiger partial charge in [0.15, 0.2) is 11.5 Å². The lowest BCUT2D eigenvalue weighted by Crippen LogP contribution is -2.24. The van der Waals surface area contributed by atoms with E-state index in [9.17, 15) is 0 Å². The van der Waals surface area contributed by atoms with Crippen molar-refractivity contribution < 1.29 is 14.2 Å². The fourth-order valence-corrected chi connectivity index (χ4v) is 2.71. The minimum absolute atomic E-state index is 0.463. The first kappa shape index (κ1) is 16.0. The summed E-state index contributed by atoms with van der Waals surface area (Å²) in [5.74, 6) is 1.41. The van der Waals surface area contributed by atoms with E-state index in [-0.39, 0.29) is 0 Å². The van der Waals surface area contributed by atoms with Crippen LogP contribution in [0.5, 0.6) is 11.5 Å². The molecule has 21 heavy (non-hydrogen) atoms. The molecule has 1 aliphatic rings. The minimum Gasteiger partial charge on any atom is -0.493 e. The number of hydrogen-bond donors (Lipinski definition) is 1. The van der Waals surface area contributed by atoms with Gasteiger partial charge in [0.25, 0.3) is 0 Å². The minimum atomic E-state index is 0.463. The van der Waals surface area contributed by atoms with Gasteiger partial charge >= 0.3 is 0 Å². The zero-order chi connectivity index (χ0) is 14.9. The second-order valence-electron chi connectivity index (χ2n) is 5.30. The van der Waals surface area contributed by atoms with E-state index in [4.69, 9.17) is 14.2 Å². The molecule has 1 fully saturated rings. The number of nitrogens with zero attached hydrogens (tertiary/aromatic N) is 1. The summed E-state index contributed by atoms with van der Waals surface area (Å²) in [5.41, 5.74) is 0.856. The van der Waals surface area contributed by atoms with E-state index in [0.29, 0.717) is 24.1 Å². The molecule has 5 heteroatoms. The highest BCUT2D eigenvalue weighted by Crippen LogP contribution is 2.28. The van der Waals surface area contributed by atoms with Crippen LogP contribution in [0.15, 0.2) is 12.3 Å². The summed E-state index contributed by atoms with van der Waals surface area (Å²) >= 11 is 0. The number of methoxy groups -OCH3 is 2. The zero-order valence-corrected chi connectivity index (χ0v) is 13.1. The largest absolute Gasteiger partial charge is 0.493 e. The van der Waals surface area contributed by atoms with Crippen molar-refractivity contribution in [2.45, 2.75) is 44.8 Å². The van der Waals surface area contributed by atoms with Crippen molar-refractivity contribution in [1.82, 2.24) is 10.3 Å². The first-order valence-electron chi connectivity index (χ1n) is 7.73. The molecule has 0 unspecified atom stereocenters. The van der Waals surface area contributed by atoms with E-state index >= 15 is 0 Å². The Morgan fingerprint density at radius 3 is 2.71 bits per heavy atom. The van der Waals surface area contributed by atoms with Gasteiger partial charge < -0.3 is 19.5 Å². The standard InChI is InChI=1S/C16H26N2O3/c1-19-15-8-9-18-14(16(15)20-2)12-17-10-11-21-13-6-4-3-5-7-13/h8-9,13,17H,3-7,10-12H2,1-2H3. The fourth-order valence-electron chi connectivity index (χ4n) is 2.71. The third-order valence-electron chi connectivity index (χ3n) is 3.84. The quantitative estimate of drug-likeness (QED) is 0.747. The predicted molar refractivity (Wildman–Crippen MR) is 81.9 cm³/mol. The summed E-state index contributed by atoms with van der Waals surface area (Å²) < 4.78 is 16.5. The van der Waals surface area contributed by atoms with E-state index in [1.54, 1.807) is 26.5 Å². The van der Waals surface area contributed by atoms with E-state index in [2.05, 4.69) is 10.3 Å². The molecule has 2 rings (SSSR count). The number of pyridine rings is 1. The molecule has 0 spiro atoms. The van der Waals surface area contributed by atoms with Crippen LogP contribution in [0.4, 0.5) is 0 Å². The molecule has 0 amide bonds. The number of hydrogen-bond acceptors (Lipinski definition) is 5. The van der Waals surface area contributed by atoms with Gasteiger partial charge in [-0.15, -0.1) is 0 Å². The van der Waals surface area contributed by atoms with Crippen molar-refractivity contribution in [3.63, 3.8) is 0 Å². The van der Waals surface area contributed by atoms with Gasteiger partial charge in [0, 0.05) is 25.4 Å². The van der Waals surface area contributed by atoms with Crippen LogP contribution in [-0.4, -0.2) is 38.5 Å². The number of aromatic nitrogens is 1. The molecule has 5 nitrogen and oxygen atoms in total. The third kappa shape index (κ3) is 4.86. The summed E-state index contributed by atoms with van der Waals surface area (Å²) in [4.78, 5) is 4.34. The van der Waals surface area contributed by atoms with E-state index in [1.165, 1.54) is 32.1 Å². The Labute approximate surface area is 127 Å². The SMILES string of the molecule is COc1ccnc(CNCCOC2CCCCC2)c1OC.